The number of ether oxygens (including phenoxy) is 1. The van der Waals surface area contributed by atoms with Crippen LogP contribution in [-0.4, -0.2) is 13.1 Å². The van der Waals surface area contributed by atoms with Gasteiger partial charge in [-0.1, -0.05) is 30.9 Å². The molecule has 0 aliphatic rings. The first-order valence-corrected chi connectivity index (χ1v) is 5.08. The highest BCUT2D eigenvalue weighted by Crippen LogP contribution is 2.14. The van der Waals surface area contributed by atoms with E-state index in [-0.39, 0.29) is 5.97 Å². The number of carbonyl (C=O) groups excluding carboxylic acids is 1. The Labute approximate surface area is 96.2 Å². The molecule has 1 rings (SSSR count). The van der Waals surface area contributed by atoms with Gasteiger partial charge in [-0.05, 0) is 36.6 Å². The van der Waals surface area contributed by atoms with Crippen molar-refractivity contribution in [1.82, 2.24) is 0 Å². The van der Waals surface area contributed by atoms with Gasteiger partial charge in [0.05, 0.1) is 12.7 Å². The molecule has 1 aromatic carbocycles. The van der Waals surface area contributed by atoms with Gasteiger partial charge in [0.25, 0.3) is 0 Å². The Hall–Kier alpha value is -1.83. The summed E-state index contributed by atoms with van der Waals surface area (Å²) in [6.45, 7) is 7.69. The van der Waals surface area contributed by atoms with Gasteiger partial charge in [0, 0.05) is 0 Å². The number of aryl methyl sites for hydroxylation is 2. The topological polar surface area (TPSA) is 26.3 Å². The van der Waals surface area contributed by atoms with E-state index in [1.54, 1.807) is 6.08 Å². The number of rotatable bonds is 3. The zero-order valence-electron chi connectivity index (χ0n) is 9.91. The number of hydrogen-bond donors (Lipinski definition) is 0. The van der Waals surface area contributed by atoms with Crippen LogP contribution in [0.3, 0.4) is 0 Å². The van der Waals surface area contributed by atoms with Crippen LogP contribution in [0.5, 0.6) is 0 Å². The van der Waals surface area contributed by atoms with Crippen molar-refractivity contribution in [3.05, 3.63) is 53.1 Å². The maximum Gasteiger partial charge on any atom is 0.337 e. The van der Waals surface area contributed by atoms with Gasteiger partial charge in [0.1, 0.15) is 0 Å². The van der Waals surface area contributed by atoms with Gasteiger partial charge in [0.15, 0.2) is 0 Å². The normalized spacial score (nSPS) is 11.1. The van der Waals surface area contributed by atoms with E-state index < -0.39 is 0 Å². The number of carbonyl (C=O) groups is 1. The molecule has 0 aliphatic carbocycles. The standard InChI is InChI=1S/C14H16O2/c1-5-13(14(15)16-4)9-12-7-6-10(2)11(3)8-12/h5-9H,1H2,2-4H3/b13-9+. The van der Waals surface area contributed by atoms with E-state index in [0.29, 0.717) is 5.57 Å². The van der Waals surface area contributed by atoms with E-state index >= 15 is 0 Å². The zero-order chi connectivity index (χ0) is 12.1. The van der Waals surface area contributed by atoms with E-state index in [1.165, 1.54) is 24.3 Å². The Bertz CT molecular complexity index is 442. The third kappa shape index (κ3) is 2.83. The summed E-state index contributed by atoms with van der Waals surface area (Å²) >= 11 is 0. The summed E-state index contributed by atoms with van der Waals surface area (Å²) < 4.78 is 4.65. The Morgan fingerprint density at radius 1 is 1.31 bits per heavy atom. The van der Waals surface area contributed by atoms with E-state index in [9.17, 15) is 4.79 Å². The van der Waals surface area contributed by atoms with Gasteiger partial charge in [-0.25, -0.2) is 4.79 Å². The molecule has 16 heavy (non-hydrogen) atoms. The van der Waals surface area contributed by atoms with Crippen LogP contribution in [0, 0.1) is 13.8 Å². The van der Waals surface area contributed by atoms with Crippen molar-refractivity contribution in [2.24, 2.45) is 0 Å². The zero-order valence-corrected chi connectivity index (χ0v) is 9.91. The number of methoxy groups -OCH3 is 1. The molecule has 0 unspecified atom stereocenters. The molecule has 0 saturated heterocycles. The van der Waals surface area contributed by atoms with E-state index in [4.69, 9.17) is 0 Å². The van der Waals surface area contributed by atoms with Crippen LogP contribution < -0.4 is 0 Å². The summed E-state index contributed by atoms with van der Waals surface area (Å²) in [5.41, 5.74) is 3.87. The lowest BCUT2D eigenvalue weighted by atomic mass is 10.0. The SMILES string of the molecule is C=C/C(=C\c1ccc(C)c(C)c1)C(=O)OC. The van der Waals surface area contributed by atoms with Crippen LogP contribution in [0.15, 0.2) is 36.4 Å². The predicted molar refractivity (Wildman–Crippen MR) is 66.1 cm³/mol. The van der Waals surface area contributed by atoms with Crippen molar-refractivity contribution < 1.29 is 9.53 Å². The van der Waals surface area contributed by atoms with Crippen LogP contribution >= 0.6 is 0 Å². The van der Waals surface area contributed by atoms with Crippen molar-refractivity contribution >= 4 is 12.0 Å². The first-order chi connectivity index (χ1) is 7.58. The Morgan fingerprint density at radius 3 is 2.50 bits per heavy atom. The quantitative estimate of drug-likeness (QED) is 0.441. The molecule has 0 heterocycles. The predicted octanol–water partition coefficient (Wildman–Crippen LogP) is 3.05. The summed E-state index contributed by atoms with van der Waals surface area (Å²) in [6, 6.07) is 6.02. The van der Waals surface area contributed by atoms with Gasteiger partial charge in [-0.3, -0.25) is 0 Å². The molecular weight excluding hydrogens is 200 g/mol. The lowest BCUT2D eigenvalue weighted by molar-refractivity contribution is -0.135. The summed E-state index contributed by atoms with van der Waals surface area (Å²) in [5.74, 6) is -0.367. The van der Waals surface area contributed by atoms with Crippen LogP contribution in [0.2, 0.25) is 0 Å². The smallest absolute Gasteiger partial charge is 0.337 e. The van der Waals surface area contributed by atoms with E-state index in [2.05, 4.69) is 18.2 Å². The van der Waals surface area contributed by atoms with Crippen molar-refractivity contribution in [1.29, 1.82) is 0 Å². The first-order valence-electron chi connectivity index (χ1n) is 5.08. The van der Waals surface area contributed by atoms with Gasteiger partial charge >= 0.3 is 5.97 Å². The van der Waals surface area contributed by atoms with Crippen molar-refractivity contribution in [2.45, 2.75) is 13.8 Å². The minimum absolute atomic E-state index is 0.367. The van der Waals surface area contributed by atoms with Gasteiger partial charge in [0.2, 0.25) is 0 Å². The number of esters is 1. The van der Waals surface area contributed by atoms with Crippen LogP contribution in [0.1, 0.15) is 16.7 Å². The molecule has 0 aliphatic heterocycles. The molecule has 0 N–H and O–H groups in total. The third-order valence-corrected chi connectivity index (χ3v) is 2.49. The molecular formula is C14H16O2. The molecule has 84 valence electrons. The second-order valence-electron chi connectivity index (χ2n) is 3.64. The average molecular weight is 216 g/mol. The highest BCUT2D eigenvalue weighted by molar-refractivity contribution is 5.96. The second kappa shape index (κ2) is 5.31. The maximum atomic E-state index is 11.3. The maximum absolute atomic E-state index is 11.3. The summed E-state index contributed by atoms with van der Waals surface area (Å²) in [6.07, 6.45) is 3.27. The molecule has 0 atom stereocenters. The third-order valence-electron chi connectivity index (χ3n) is 2.49. The molecule has 0 bridgehead atoms. The minimum Gasteiger partial charge on any atom is -0.465 e. The fraction of sp³-hybridized carbons (Fsp3) is 0.214. The lowest BCUT2D eigenvalue weighted by Crippen LogP contribution is -2.02. The first kappa shape index (κ1) is 12.2. The molecule has 2 heteroatoms. The van der Waals surface area contributed by atoms with Crippen molar-refractivity contribution in [3.63, 3.8) is 0 Å². The van der Waals surface area contributed by atoms with Gasteiger partial charge in [-0.15, -0.1) is 0 Å². The molecule has 0 radical (unpaired) electrons. The van der Waals surface area contributed by atoms with Crippen LogP contribution in [0.25, 0.3) is 6.08 Å². The Morgan fingerprint density at radius 2 is 2.00 bits per heavy atom. The van der Waals surface area contributed by atoms with Crippen molar-refractivity contribution in [3.8, 4) is 0 Å². The average Bonchev–Trinajstić information content (AvgIpc) is 2.29. The molecule has 0 amide bonds. The summed E-state index contributed by atoms with van der Waals surface area (Å²) in [7, 11) is 1.36. The van der Waals surface area contributed by atoms with Crippen molar-refractivity contribution in [2.75, 3.05) is 7.11 Å². The largest absolute Gasteiger partial charge is 0.465 e. The van der Waals surface area contributed by atoms with Gasteiger partial charge in [-0.2, -0.15) is 0 Å². The highest BCUT2D eigenvalue weighted by Gasteiger charge is 2.05. The Balaban J connectivity index is 3.09. The highest BCUT2D eigenvalue weighted by atomic mass is 16.5. The van der Waals surface area contributed by atoms with E-state index in [1.807, 2.05) is 25.1 Å². The molecule has 1 aromatic rings. The molecule has 0 aromatic heterocycles. The number of benzene rings is 1. The summed E-state index contributed by atoms with van der Waals surface area (Å²) in [5, 5.41) is 0. The lowest BCUT2D eigenvalue weighted by Gasteiger charge is -2.03. The fourth-order valence-electron chi connectivity index (χ4n) is 1.35. The minimum atomic E-state index is -0.367. The van der Waals surface area contributed by atoms with Crippen LogP contribution in [-0.2, 0) is 9.53 Å². The second-order valence-corrected chi connectivity index (χ2v) is 3.64. The Kier molecular flexibility index (Phi) is 4.06. The fourth-order valence-corrected chi connectivity index (χ4v) is 1.35. The molecule has 2 nitrogen and oxygen atoms in total. The number of hydrogen-bond acceptors (Lipinski definition) is 2. The summed E-state index contributed by atoms with van der Waals surface area (Å²) in [4.78, 5) is 11.3. The molecule has 0 saturated carbocycles. The molecule has 0 spiro atoms. The van der Waals surface area contributed by atoms with E-state index in [0.717, 1.165) is 5.56 Å². The van der Waals surface area contributed by atoms with Crippen LogP contribution in [0.4, 0.5) is 0 Å². The molecule has 0 fully saturated rings. The van der Waals surface area contributed by atoms with Gasteiger partial charge < -0.3 is 4.74 Å². The monoisotopic (exact) mass is 216 g/mol.